The fraction of sp³-hybridized carbons (Fsp3) is 0.375. The Kier molecular flexibility index (Phi) is 4.83. The third-order valence-corrected chi connectivity index (χ3v) is 4.73. The van der Waals surface area contributed by atoms with Gasteiger partial charge in [0.1, 0.15) is 0 Å². The molecule has 2 atom stereocenters. The van der Waals surface area contributed by atoms with E-state index in [1.165, 1.54) is 0 Å². The molecule has 0 aromatic heterocycles. The summed E-state index contributed by atoms with van der Waals surface area (Å²) < 4.78 is 0.766. The number of para-hydroxylation sites is 1. The number of amides is 1. The van der Waals surface area contributed by atoms with Crippen molar-refractivity contribution >= 4 is 33.5 Å². The Morgan fingerprint density at radius 1 is 1.14 bits per heavy atom. The summed E-state index contributed by atoms with van der Waals surface area (Å²) in [5, 5.41) is 14.1. The van der Waals surface area contributed by atoms with Gasteiger partial charge in [0, 0.05) is 16.4 Å². The van der Waals surface area contributed by atoms with Crippen LogP contribution in [0.15, 0.2) is 39.9 Å². The zero-order valence-electron chi connectivity index (χ0n) is 12.0. The minimum absolute atomic E-state index is 0.275. The molecule has 0 heterocycles. The third kappa shape index (κ3) is 3.53. The van der Waals surface area contributed by atoms with Gasteiger partial charge in [-0.2, -0.15) is 0 Å². The molecule has 5 heteroatoms. The minimum Gasteiger partial charge on any atom is -0.550 e. The monoisotopic (exact) mass is 350 g/mol. The van der Waals surface area contributed by atoms with Crippen molar-refractivity contribution in [2.75, 3.05) is 5.32 Å². The predicted molar refractivity (Wildman–Crippen MR) is 82.4 cm³/mol. The lowest BCUT2D eigenvalue weighted by Gasteiger charge is -2.32. The molecule has 0 saturated carbocycles. The Balaban J connectivity index is 2.21. The number of carbonyl (C=O) groups is 2. The van der Waals surface area contributed by atoms with Crippen LogP contribution < -0.4 is 10.4 Å². The second kappa shape index (κ2) is 6.43. The van der Waals surface area contributed by atoms with Gasteiger partial charge in [0.2, 0.25) is 5.91 Å². The van der Waals surface area contributed by atoms with Gasteiger partial charge in [0.25, 0.3) is 0 Å². The van der Waals surface area contributed by atoms with Gasteiger partial charge in [-0.3, -0.25) is 4.79 Å². The van der Waals surface area contributed by atoms with Gasteiger partial charge in [0.15, 0.2) is 0 Å². The molecule has 1 amide bonds. The Bertz CT molecular complexity index is 609. The molecule has 0 aliphatic heterocycles. The molecule has 21 heavy (non-hydrogen) atoms. The molecule has 0 fully saturated rings. The van der Waals surface area contributed by atoms with Crippen LogP contribution in [0.4, 0.5) is 5.69 Å². The number of carboxylic acid groups (broad SMARTS) is 1. The van der Waals surface area contributed by atoms with Crippen LogP contribution in [0.3, 0.4) is 0 Å². The Morgan fingerprint density at radius 3 is 2.29 bits per heavy atom. The normalized spacial score (nSPS) is 22.0. The average molecular weight is 351 g/mol. The van der Waals surface area contributed by atoms with E-state index >= 15 is 0 Å². The predicted octanol–water partition coefficient (Wildman–Crippen LogP) is 2.50. The van der Waals surface area contributed by atoms with Crippen molar-refractivity contribution < 1.29 is 14.7 Å². The number of nitrogens with one attached hydrogen (secondary N) is 1. The highest BCUT2D eigenvalue weighted by atomic mass is 79.9. The first kappa shape index (κ1) is 15.8. The van der Waals surface area contributed by atoms with Gasteiger partial charge in [-0.05, 0) is 54.8 Å². The van der Waals surface area contributed by atoms with E-state index < -0.39 is 17.8 Å². The van der Waals surface area contributed by atoms with E-state index in [4.69, 9.17) is 0 Å². The molecular formula is C16H17BrNO3-. The van der Waals surface area contributed by atoms with E-state index in [9.17, 15) is 14.7 Å². The first-order chi connectivity index (χ1) is 9.90. The third-order valence-electron chi connectivity index (χ3n) is 4.04. The quantitative estimate of drug-likeness (QED) is 0.851. The molecule has 0 radical (unpaired) electrons. The molecule has 0 saturated heterocycles. The van der Waals surface area contributed by atoms with Crippen molar-refractivity contribution in [3.05, 3.63) is 39.9 Å². The lowest BCUT2D eigenvalue weighted by Crippen LogP contribution is -2.42. The number of anilines is 1. The van der Waals surface area contributed by atoms with Crippen LogP contribution in [-0.4, -0.2) is 11.9 Å². The van der Waals surface area contributed by atoms with E-state index in [1.807, 2.05) is 32.0 Å². The molecule has 0 unspecified atom stereocenters. The van der Waals surface area contributed by atoms with Gasteiger partial charge < -0.3 is 15.2 Å². The van der Waals surface area contributed by atoms with Crippen molar-refractivity contribution in [1.29, 1.82) is 0 Å². The Hall–Kier alpha value is -1.62. The summed E-state index contributed by atoms with van der Waals surface area (Å²) in [6.45, 7) is 3.85. The van der Waals surface area contributed by atoms with E-state index in [2.05, 4.69) is 21.2 Å². The molecule has 1 aromatic carbocycles. The number of halogens is 1. The van der Waals surface area contributed by atoms with Crippen molar-refractivity contribution in [2.24, 2.45) is 11.8 Å². The second-order valence-electron chi connectivity index (χ2n) is 5.47. The number of carboxylic acids is 1. The number of carbonyl (C=O) groups excluding carboxylic acids is 2. The van der Waals surface area contributed by atoms with Crippen LogP contribution in [-0.2, 0) is 9.59 Å². The van der Waals surface area contributed by atoms with Crippen LogP contribution in [0.5, 0.6) is 0 Å². The Morgan fingerprint density at radius 2 is 1.71 bits per heavy atom. The largest absolute Gasteiger partial charge is 0.550 e. The van der Waals surface area contributed by atoms with E-state index in [0.29, 0.717) is 18.5 Å². The number of hydrogen-bond donors (Lipinski definition) is 1. The van der Waals surface area contributed by atoms with Gasteiger partial charge >= 0.3 is 0 Å². The number of benzene rings is 1. The number of allylic oxidation sites excluding steroid dienone is 2. The van der Waals surface area contributed by atoms with Gasteiger partial charge in [-0.1, -0.05) is 23.3 Å². The maximum absolute atomic E-state index is 12.4. The van der Waals surface area contributed by atoms with E-state index in [1.54, 1.807) is 6.07 Å². The highest BCUT2D eigenvalue weighted by Crippen LogP contribution is 2.35. The highest BCUT2D eigenvalue weighted by molar-refractivity contribution is 9.10. The first-order valence-corrected chi connectivity index (χ1v) is 7.61. The molecule has 112 valence electrons. The molecule has 0 bridgehead atoms. The van der Waals surface area contributed by atoms with Crippen molar-refractivity contribution in [2.45, 2.75) is 26.7 Å². The van der Waals surface area contributed by atoms with Gasteiger partial charge in [-0.15, -0.1) is 0 Å². The molecule has 1 aliphatic carbocycles. The average Bonchev–Trinajstić information content (AvgIpc) is 2.43. The van der Waals surface area contributed by atoms with Crippen molar-refractivity contribution in [3.63, 3.8) is 0 Å². The molecular weight excluding hydrogens is 334 g/mol. The topological polar surface area (TPSA) is 69.2 Å². The van der Waals surface area contributed by atoms with Crippen LogP contribution in [0.25, 0.3) is 0 Å². The summed E-state index contributed by atoms with van der Waals surface area (Å²) in [6, 6.07) is 7.25. The smallest absolute Gasteiger partial charge is 0.228 e. The maximum atomic E-state index is 12.4. The van der Waals surface area contributed by atoms with Crippen molar-refractivity contribution in [3.8, 4) is 0 Å². The fourth-order valence-electron chi connectivity index (χ4n) is 2.60. The summed E-state index contributed by atoms with van der Waals surface area (Å²) >= 11 is 3.36. The van der Waals surface area contributed by atoms with Crippen LogP contribution in [0.1, 0.15) is 26.7 Å². The summed E-state index contributed by atoms with van der Waals surface area (Å²) in [5.41, 5.74) is 2.76. The van der Waals surface area contributed by atoms with Gasteiger partial charge in [-0.25, -0.2) is 0 Å². The van der Waals surface area contributed by atoms with E-state index in [-0.39, 0.29) is 5.91 Å². The Labute approximate surface area is 132 Å². The van der Waals surface area contributed by atoms with Crippen molar-refractivity contribution in [1.82, 2.24) is 0 Å². The SMILES string of the molecule is CC1=C(C)C[C@@H](C(=O)[O-])[C@@H](C(=O)Nc2ccccc2Br)C1. The van der Waals surface area contributed by atoms with Gasteiger partial charge in [0.05, 0.1) is 11.6 Å². The molecule has 0 spiro atoms. The minimum atomic E-state index is -1.16. The summed E-state index contributed by atoms with van der Waals surface area (Å²) in [6.07, 6.45) is 0.836. The molecule has 2 rings (SSSR count). The zero-order chi connectivity index (χ0) is 15.6. The highest BCUT2D eigenvalue weighted by Gasteiger charge is 2.33. The first-order valence-electron chi connectivity index (χ1n) is 6.81. The van der Waals surface area contributed by atoms with Crippen LogP contribution in [0.2, 0.25) is 0 Å². The summed E-state index contributed by atoms with van der Waals surface area (Å²) in [4.78, 5) is 23.8. The number of rotatable bonds is 3. The fourth-order valence-corrected chi connectivity index (χ4v) is 2.99. The van der Waals surface area contributed by atoms with Crippen LogP contribution in [0, 0.1) is 11.8 Å². The summed E-state index contributed by atoms with van der Waals surface area (Å²) in [7, 11) is 0. The summed E-state index contributed by atoms with van der Waals surface area (Å²) in [5.74, 6) is -2.79. The molecule has 1 aliphatic rings. The molecule has 1 aromatic rings. The molecule has 1 N–H and O–H groups in total. The number of aliphatic carboxylic acids is 1. The van der Waals surface area contributed by atoms with Crippen LogP contribution >= 0.6 is 15.9 Å². The molecule has 4 nitrogen and oxygen atoms in total. The second-order valence-corrected chi connectivity index (χ2v) is 6.32. The maximum Gasteiger partial charge on any atom is 0.228 e. The standard InChI is InChI=1S/C16H18BrNO3/c1-9-7-11(12(16(20)21)8-10(9)2)15(19)18-14-6-4-3-5-13(14)17/h3-6,11-12H,7-8H2,1-2H3,(H,18,19)(H,20,21)/p-1/t11-,12+/m0/s1. The number of hydrogen-bond acceptors (Lipinski definition) is 3. The lowest BCUT2D eigenvalue weighted by atomic mass is 9.76. The zero-order valence-corrected chi connectivity index (χ0v) is 13.6. The van der Waals surface area contributed by atoms with E-state index in [0.717, 1.165) is 15.6 Å². The lowest BCUT2D eigenvalue weighted by molar-refractivity contribution is -0.313.